The molecule has 0 bridgehead atoms. The van der Waals surface area contributed by atoms with E-state index in [9.17, 15) is 4.79 Å². The largest absolute Gasteiger partial charge is 0.340 e. The Morgan fingerprint density at radius 1 is 1.14 bits per heavy atom. The summed E-state index contributed by atoms with van der Waals surface area (Å²) in [5, 5.41) is 3.50. The van der Waals surface area contributed by atoms with E-state index in [2.05, 4.69) is 10.2 Å². The van der Waals surface area contributed by atoms with Crippen LogP contribution < -0.4 is 5.32 Å². The Labute approximate surface area is 133 Å². The molecular weight excluding hydrogens is 280 g/mol. The molecule has 3 nitrogen and oxygen atoms in total. The van der Waals surface area contributed by atoms with Gasteiger partial charge in [0.2, 0.25) is 5.91 Å². The van der Waals surface area contributed by atoms with Gasteiger partial charge >= 0.3 is 0 Å². The number of likely N-dealkylation sites (tertiary alicyclic amines) is 1. The lowest BCUT2D eigenvalue weighted by Gasteiger charge is -2.32. The Bertz CT molecular complexity index is 338. The number of thioether (sulfide) groups is 1. The second kappa shape index (κ2) is 7.87. The van der Waals surface area contributed by atoms with Crippen molar-refractivity contribution in [2.45, 2.75) is 69.9 Å². The lowest BCUT2D eigenvalue weighted by Crippen LogP contribution is -2.44. The highest BCUT2D eigenvalue weighted by Crippen LogP contribution is 2.32. The van der Waals surface area contributed by atoms with Crippen molar-refractivity contribution in [3.8, 4) is 0 Å². The quantitative estimate of drug-likeness (QED) is 0.866. The zero-order valence-corrected chi connectivity index (χ0v) is 14.0. The van der Waals surface area contributed by atoms with Crippen LogP contribution in [0.4, 0.5) is 0 Å². The lowest BCUT2D eigenvalue weighted by atomic mass is 9.84. The first-order chi connectivity index (χ1) is 10.3. The van der Waals surface area contributed by atoms with Gasteiger partial charge in [-0.05, 0) is 25.2 Å². The fourth-order valence-electron chi connectivity index (χ4n) is 4.30. The molecule has 0 aromatic heterocycles. The fraction of sp³-hybridized carbons (Fsp3) is 0.941. The third-order valence-electron chi connectivity index (χ3n) is 5.45. The molecule has 120 valence electrons. The molecule has 2 aliphatic heterocycles. The molecule has 3 aliphatic rings. The number of amides is 1. The van der Waals surface area contributed by atoms with E-state index in [4.69, 9.17) is 0 Å². The number of carbonyl (C=O) groups excluding carboxylic acids is 1. The molecule has 0 aromatic rings. The molecule has 2 unspecified atom stereocenters. The number of nitrogens with one attached hydrogen (secondary N) is 1. The van der Waals surface area contributed by atoms with Crippen molar-refractivity contribution < 1.29 is 4.79 Å². The Morgan fingerprint density at radius 2 is 2.00 bits per heavy atom. The van der Waals surface area contributed by atoms with Crippen LogP contribution in [0.15, 0.2) is 0 Å². The molecule has 1 amide bonds. The van der Waals surface area contributed by atoms with Gasteiger partial charge in [0.1, 0.15) is 0 Å². The molecule has 0 spiro atoms. The summed E-state index contributed by atoms with van der Waals surface area (Å²) in [5.41, 5.74) is 0. The van der Waals surface area contributed by atoms with Crippen LogP contribution in [0, 0.1) is 5.92 Å². The summed E-state index contributed by atoms with van der Waals surface area (Å²) in [4.78, 5) is 14.9. The minimum atomic E-state index is 0.409. The Hall–Kier alpha value is -0.220. The van der Waals surface area contributed by atoms with Crippen LogP contribution in [0.25, 0.3) is 0 Å². The van der Waals surface area contributed by atoms with E-state index in [1.54, 1.807) is 0 Å². The van der Waals surface area contributed by atoms with Crippen molar-refractivity contribution in [3.05, 3.63) is 0 Å². The zero-order valence-electron chi connectivity index (χ0n) is 13.2. The predicted octanol–water partition coefficient (Wildman–Crippen LogP) is 3.04. The van der Waals surface area contributed by atoms with Crippen molar-refractivity contribution >= 4 is 17.7 Å². The highest BCUT2D eigenvalue weighted by molar-refractivity contribution is 7.99. The smallest absolute Gasteiger partial charge is 0.224 e. The number of rotatable bonds is 4. The van der Waals surface area contributed by atoms with E-state index in [-0.39, 0.29) is 0 Å². The number of hydrogen-bond donors (Lipinski definition) is 1. The lowest BCUT2D eigenvalue weighted by molar-refractivity contribution is -0.132. The highest BCUT2D eigenvalue weighted by Gasteiger charge is 2.32. The Kier molecular flexibility index (Phi) is 5.87. The Balaban J connectivity index is 1.49. The zero-order chi connectivity index (χ0) is 14.5. The second-order valence-corrected chi connectivity index (χ2v) is 8.20. The first-order valence-electron chi connectivity index (χ1n) is 8.93. The average molecular weight is 311 g/mol. The van der Waals surface area contributed by atoms with Crippen molar-refractivity contribution in [2.24, 2.45) is 5.92 Å². The SMILES string of the molecule is O=C(CC1CSCCN1)N1CCCC1CC1CCCCC1. The maximum absolute atomic E-state index is 12.6. The molecule has 0 aromatic carbocycles. The van der Waals surface area contributed by atoms with Crippen molar-refractivity contribution in [1.29, 1.82) is 0 Å². The minimum Gasteiger partial charge on any atom is -0.340 e. The van der Waals surface area contributed by atoms with Gasteiger partial charge in [-0.15, -0.1) is 0 Å². The van der Waals surface area contributed by atoms with Gasteiger partial charge in [0.05, 0.1) is 0 Å². The van der Waals surface area contributed by atoms with Gasteiger partial charge in [0.25, 0.3) is 0 Å². The molecule has 2 saturated heterocycles. The van der Waals surface area contributed by atoms with Crippen LogP contribution in [-0.2, 0) is 4.79 Å². The topological polar surface area (TPSA) is 32.3 Å². The Morgan fingerprint density at radius 3 is 2.76 bits per heavy atom. The molecule has 0 radical (unpaired) electrons. The monoisotopic (exact) mass is 310 g/mol. The van der Waals surface area contributed by atoms with Crippen LogP contribution in [0.2, 0.25) is 0 Å². The van der Waals surface area contributed by atoms with E-state index in [0.717, 1.165) is 24.8 Å². The first-order valence-corrected chi connectivity index (χ1v) is 10.1. The number of carbonyl (C=O) groups is 1. The van der Waals surface area contributed by atoms with E-state index in [1.807, 2.05) is 11.8 Å². The summed E-state index contributed by atoms with van der Waals surface area (Å²) in [5.74, 6) is 3.60. The summed E-state index contributed by atoms with van der Waals surface area (Å²) in [6, 6.07) is 0.962. The third kappa shape index (κ3) is 4.38. The van der Waals surface area contributed by atoms with E-state index in [0.29, 0.717) is 24.4 Å². The fourth-order valence-corrected chi connectivity index (χ4v) is 5.24. The van der Waals surface area contributed by atoms with Gasteiger partial charge in [-0.25, -0.2) is 0 Å². The third-order valence-corrected chi connectivity index (χ3v) is 6.58. The van der Waals surface area contributed by atoms with Gasteiger partial charge in [-0.2, -0.15) is 11.8 Å². The maximum atomic E-state index is 12.6. The summed E-state index contributed by atoms with van der Waals surface area (Å²) in [7, 11) is 0. The van der Waals surface area contributed by atoms with E-state index in [1.165, 1.54) is 57.1 Å². The standard InChI is InChI=1S/C17H30N2OS/c20-17(12-15-13-21-10-8-18-15)19-9-4-7-16(19)11-14-5-2-1-3-6-14/h14-16,18H,1-13H2. The van der Waals surface area contributed by atoms with Crippen molar-refractivity contribution in [2.75, 3.05) is 24.6 Å². The molecule has 2 atom stereocenters. The molecule has 1 saturated carbocycles. The highest BCUT2D eigenvalue weighted by atomic mass is 32.2. The summed E-state index contributed by atoms with van der Waals surface area (Å²) in [6.07, 6.45) is 11.5. The minimum absolute atomic E-state index is 0.409. The van der Waals surface area contributed by atoms with Crippen LogP contribution in [0.1, 0.15) is 57.8 Å². The molecule has 4 heteroatoms. The van der Waals surface area contributed by atoms with E-state index < -0.39 is 0 Å². The van der Waals surface area contributed by atoms with Crippen LogP contribution in [-0.4, -0.2) is 47.5 Å². The first kappa shape index (κ1) is 15.7. The molecular formula is C17H30N2OS. The normalized spacial score (nSPS) is 31.5. The molecule has 3 rings (SSSR count). The number of nitrogens with zero attached hydrogens (tertiary/aromatic N) is 1. The molecule has 2 heterocycles. The average Bonchev–Trinajstić information content (AvgIpc) is 2.97. The van der Waals surface area contributed by atoms with Gasteiger partial charge in [-0.1, -0.05) is 32.1 Å². The van der Waals surface area contributed by atoms with Crippen LogP contribution >= 0.6 is 11.8 Å². The number of hydrogen-bond acceptors (Lipinski definition) is 3. The molecule has 3 fully saturated rings. The van der Waals surface area contributed by atoms with Crippen LogP contribution in [0.3, 0.4) is 0 Å². The summed E-state index contributed by atoms with van der Waals surface area (Å²) in [6.45, 7) is 2.07. The van der Waals surface area contributed by atoms with Crippen LogP contribution in [0.5, 0.6) is 0 Å². The molecule has 21 heavy (non-hydrogen) atoms. The second-order valence-electron chi connectivity index (χ2n) is 7.05. The van der Waals surface area contributed by atoms with Gasteiger partial charge in [0, 0.05) is 43.1 Å². The summed E-state index contributed by atoms with van der Waals surface area (Å²) >= 11 is 1.98. The van der Waals surface area contributed by atoms with Crippen molar-refractivity contribution in [3.63, 3.8) is 0 Å². The van der Waals surface area contributed by atoms with Gasteiger partial charge in [-0.3, -0.25) is 4.79 Å². The van der Waals surface area contributed by atoms with Gasteiger partial charge in [0.15, 0.2) is 0 Å². The molecule has 1 aliphatic carbocycles. The summed E-state index contributed by atoms with van der Waals surface area (Å²) < 4.78 is 0. The van der Waals surface area contributed by atoms with E-state index >= 15 is 0 Å². The van der Waals surface area contributed by atoms with Gasteiger partial charge < -0.3 is 10.2 Å². The molecule has 1 N–H and O–H groups in total. The maximum Gasteiger partial charge on any atom is 0.224 e. The predicted molar refractivity (Wildman–Crippen MR) is 89.7 cm³/mol. The van der Waals surface area contributed by atoms with Crippen molar-refractivity contribution in [1.82, 2.24) is 10.2 Å².